The number of amides is 4. The van der Waals surface area contributed by atoms with Crippen molar-refractivity contribution in [3.05, 3.63) is 52.5 Å². The van der Waals surface area contributed by atoms with Crippen LogP contribution in [0, 0.1) is 11.8 Å². The first-order chi connectivity index (χ1) is 26.2. The predicted octanol–water partition coefficient (Wildman–Crippen LogP) is 5.71. The molecule has 2 heterocycles. The number of carbonyl (C=O) groups excluding carboxylic acids is 4. The van der Waals surface area contributed by atoms with Gasteiger partial charge in [-0.05, 0) is 57.9 Å². The Morgan fingerprint density at radius 3 is 2.27 bits per heavy atom. The number of nitrogens with one attached hydrogen (secondary N) is 2. The molecule has 7 unspecified atom stereocenters. The Hall–Kier alpha value is -3.04. The second kappa shape index (κ2) is 26.0. The number of methoxy groups -OCH3 is 2. The molecule has 1 aromatic carbocycles. The van der Waals surface area contributed by atoms with E-state index in [9.17, 15) is 19.2 Å². The van der Waals surface area contributed by atoms with Crippen molar-refractivity contribution < 1.29 is 28.7 Å². The summed E-state index contributed by atoms with van der Waals surface area (Å²) in [7, 11) is 6.76. The number of rotatable bonds is 20. The number of nitrogens with zero attached hydrogens (tertiary/aromatic N) is 3. The van der Waals surface area contributed by atoms with Crippen LogP contribution in [0.15, 0.2) is 41.9 Å². The van der Waals surface area contributed by atoms with Crippen molar-refractivity contribution in [2.24, 2.45) is 17.6 Å². The zero-order chi connectivity index (χ0) is 41.7. The highest BCUT2D eigenvalue weighted by Crippen LogP contribution is 2.30. The molecule has 4 amide bonds. The molecule has 1 aromatic heterocycles. The van der Waals surface area contributed by atoms with Gasteiger partial charge in [0.1, 0.15) is 5.01 Å². The zero-order valence-corrected chi connectivity index (χ0v) is 37.1. The monoisotopic (exact) mass is 806 g/mol. The number of thioether (sulfide) groups is 1. The van der Waals surface area contributed by atoms with E-state index in [-0.39, 0.29) is 54.1 Å². The Morgan fingerprint density at radius 1 is 1.13 bits per heavy atom. The summed E-state index contributed by atoms with van der Waals surface area (Å²) in [4.78, 5) is 59.2. The molecular weight excluding hydrogens is 737 g/mol. The van der Waals surface area contributed by atoms with Crippen LogP contribution >= 0.6 is 23.1 Å². The molecule has 0 spiro atoms. The van der Waals surface area contributed by atoms with E-state index in [4.69, 9.17) is 15.2 Å². The van der Waals surface area contributed by atoms with Gasteiger partial charge in [-0.15, -0.1) is 11.3 Å². The minimum Gasteiger partial charge on any atom is -0.379 e. The Kier molecular flexibility index (Phi) is 23.6. The first kappa shape index (κ1) is 50.0. The van der Waals surface area contributed by atoms with Gasteiger partial charge >= 0.3 is 0 Å². The number of hydrogen-bond acceptors (Lipinski definition) is 10. The molecule has 0 bridgehead atoms. The lowest BCUT2D eigenvalue weighted by atomic mass is 9.90. The molecule has 12 nitrogen and oxygen atoms in total. The van der Waals surface area contributed by atoms with Gasteiger partial charge in [0.15, 0.2) is 0 Å². The number of ether oxygens (including phenoxy) is 2. The minimum atomic E-state index is -0.569. The van der Waals surface area contributed by atoms with Gasteiger partial charge in [0.05, 0.1) is 48.2 Å². The maximum absolute atomic E-state index is 13.9. The van der Waals surface area contributed by atoms with Crippen LogP contribution in [0.25, 0.3) is 0 Å². The fourth-order valence-corrected chi connectivity index (χ4v) is 7.64. The summed E-state index contributed by atoms with van der Waals surface area (Å²) in [5.41, 5.74) is 5.52. The van der Waals surface area contributed by atoms with Crippen LogP contribution < -0.4 is 16.4 Å². The molecule has 1 aliphatic heterocycles. The van der Waals surface area contributed by atoms with Crippen molar-refractivity contribution in [1.82, 2.24) is 25.4 Å². The van der Waals surface area contributed by atoms with Gasteiger partial charge in [-0.3, -0.25) is 19.2 Å². The molecule has 14 heteroatoms. The lowest BCUT2D eigenvalue weighted by molar-refractivity contribution is -0.145. The molecule has 312 valence electrons. The SMILES string of the molecule is CC.CCC(C)C(C(CC(=O)N1CCCC1C(OC)C(C)C(=O)NC(Cc1ccccc1)c1nccs1)OC)N(C)C(=O)CCSC.CNC(C)(C)C(N)=O. The molecule has 2 aromatic rings. The average molecular weight is 807 g/mol. The van der Waals surface area contributed by atoms with Gasteiger partial charge in [-0.25, -0.2) is 4.98 Å². The van der Waals surface area contributed by atoms with Gasteiger partial charge < -0.3 is 35.6 Å². The predicted molar refractivity (Wildman–Crippen MR) is 226 cm³/mol. The Morgan fingerprint density at radius 2 is 1.78 bits per heavy atom. The van der Waals surface area contributed by atoms with E-state index in [1.165, 1.54) is 11.3 Å². The Labute approximate surface area is 339 Å². The second-order valence-electron chi connectivity index (χ2n) is 14.2. The largest absolute Gasteiger partial charge is 0.379 e. The molecular formula is C41H70N6O6S2. The smallest absolute Gasteiger partial charge is 0.237 e. The normalized spacial score (nSPS) is 17.2. The van der Waals surface area contributed by atoms with Crippen LogP contribution in [0.1, 0.15) is 97.2 Å². The standard InChI is InChI=1S/C34H52N4O5S2.C5H12N2O.C2H6/c1-8-23(2)31(37(4)29(39)16-19-44-7)28(42-5)22-30(40)38-18-12-15-27(38)32(43-6)24(3)33(41)36-26(34-35-17-20-45-34)21-25-13-10-9-11-14-25;1-5(2,7-3)4(6)8;1-2/h9-11,13-14,17,20,23-24,26-28,31-32H,8,12,15-16,18-19,21-22H2,1-7H3,(H,36,41);7H,1-3H3,(H2,6,8);1-2H3. The van der Waals surface area contributed by atoms with Crippen molar-refractivity contribution >= 4 is 46.7 Å². The average Bonchev–Trinajstić information content (AvgIpc) is 3.91. The molecule has 1 aliphatic rings. The van der Waals surface area contributed by atoms with Crippen LogP contribution in [0.2, 0.25) is 0 Å². The molecule has 1 fully saturated rings. The topological polar surface area (TPSA) is 156 Å². The van der Waals surface area contributed by atoms with Crippen LogP contribution in [0.3, 0.4) is 0 Å². The summed E-state index contributed by atoms with van der Waals surface area (Å²) >= 11 is 3.17. The Bertz CT molecular complexity index is 1400. The molecule has 4 N–H and O–H groups in total. The van der Waals surface area contributed by atoms with Crippen molar-refractivity contribution in [2.75, 3.05) is 46.9 Å². The quantitative estimate of drug-likeness (QED) is 0.153. The van der Waals surface area contributed by atoms with E-state index < -0.39 is 23.7 Å². The van der Waals surface area contributed by atoms with Crippen LogP contribution in [0.4, 0.5) is 0 Å². The first-order valence-electron chi connectivity index (χ1n) is 19.5. The maximum Gasteiger partial charge on any atom is 0.237 e. The van der Waals surface area contributed by atoms with Gasteiger partial charge in [-0.1, -0.05) is 71.4 Å². The van der Waals surface area contributed by atoms with Gasteiger partial charge in [0, 0.05) is 51.6 Å². The van der Waals surface area contributed by atoms with Crippen molar-refractivity contribution in [3.8, 4) is 0 Å². The molecule has 3 rings (SSSR count). The molecule has 1 saturated heterocycles. The number of carbonyl (C=O) groups is 4. The second-order valence-corrected chi connectivity index (χ2v) is 16.2. The van der Waals surface area contributed by atoms with E-state index >= 15 is 0 Å². The van der Waals surface area contributed by atoms with Gasteiger partial charge in [-0.2, -0.15) is 11.8 Å². The van der Waals surface area contributed by atoms with E-state index in [2.05, 4.69) is 29.5 Å². The minimum absolute atomic E-state index is 0.0398. The van der Waals surface area contributed by atoms with Crippen molar-refractivity contribution in [1.29, 1.82) is 0 Å². The number of primary amides is 1. The van der Waals surface area contributed by atoms with Crippen LogP contribution in [-0.4, -0.2) is 115 Å². The van der Waals surface area contributed by atoms with E-state index in [1.807, 2.05) is 74.7 Å². The van der Waals surface area contributed by atoms with E-state index in [0.29, 0.717) is 19.4 Å². The van der Waals surface area contributed by atoms with Gasteiger partial charge in [0.2, 0.25) is 23.6 Å². The van der Waals surface area contributed by atoms with Crippen molar-refractivity contribution in [3.63, 3.8) is 0 Å². The number of likely N-dealkylation sites (N-methyl/N-ethyl adjacent to an activating group) is 2. The number of aromatic nitrogens is 1. The fraction of sp³-hybridized carbons (Fsp3) is 0.683. The number of benzene rings is 1. The summed E-state index contributed by atoms with van der Waals surface area (Å²) in [6, 6.07) is 9.32. The summed E-state index contributed by atoms with van der Waals surface area (Å²) in [5.74, 6) is -0.0406. The number of hydrogen-bond donors (Lipinski definition) is 3. The Balaban J connectivity index is 0.00000134. The lowest BCUT2D eigenvalue weighted by Gasteiger charge is -2.39. The van der Waals surface area contributed by atoms with E-state index in [0.717, 1.165) is 35.6 Å². The molecule has 55 heavy (non-hydrogen) atoms. The summed E-state index contributed by atoms with van der Waals surface area (Å²) < 4.78 is 11.9. The summed E-state index contributed by atoms with van der Waals surface area (Å²) in [6.07, 6.45) is 6.49. The maximum atomic E-state index is 13.9. The number of likely N-dealkylation sites (tertiary alicyclic amines) is 1. The molecule has 7 atom stereocenters. The highest BCUT2D eigenvalue weighted by Gasteiger charge is 2.42. The number of thiazole rings is 1. The summed E-state index contributed by atoms with van der Waals surface area (Å²) in [6.45, 7) is 14.1. The van der Waals surface area contributed by atoms with Gasteiger partial charge in [0.25, 0.3) is 0 Å². The molecule has 0 saturated carbocycles. The third kappa shape index (κ3) is 15.4. The first-order valence-corrected chi connectivity index (χ1v) is 21.8. The fourth-order valence-electron chi connectivity index (χ4n) is 6.57. The highest BCUT2D eigenvalue weighted by molar-refractivity contribution is 7.98. The lowest BCUT2D eigenvalue weighted by Crippen LogP contribution is -2.53. The molecule has 0 radical (unpaired) electrons. The van der Waals surface area contributed by atoms with Crippen LogP contribution in [-0.2, 0) is 35.1 Å². The van der Waals surface area contributed by atoms with E-state index in [1.54, 1.807) is 58.0 Å². The number of nitrogens with two attached hydrogens (primary N) is 1. The summed E-state index contributed by atoms with van der Waals surface area (Å²) in [5, 5.41) is 8.76. The molecule has 0 aliphatic carbocycles. The van der Waals surface area contributed by atoms with Crippen molar-refractivity contribution in [2.45, 2.75) is 123 Å². The van der Waals surface area contributed by atoms with Crippen LogP contribution in [0.5, 0.6) is 0 Å². The zero-order valence-electron chi connectivity index (χ0n) is 35.4. The third-order valence-electron chi connectivity index (χ3n) is 10.4. The third-order valence-corrected chi connectivity index (χ3v) is 11.9. The highest BCUT2D eigenvalue weighted by atomic mass is 32.2.